The maximum atomic E-state index is 12.9. The standard InChI is InChI=1S/C25H30N6O6.C2HF3O2/c1-3-36-22(33)25(2,30-24(35)37-15-16-7-5-4-6-8-16)29-23(34)28-19-13-14-31(21(19)32)18-11-9-17(10-12-18)20(26)27;3-2(4,5)1(6)7/h4-12,19H,3,13-15H2,1-2H3,(H3,26,27)(H,30,35)(H2,28,29,34);(H,6,7)/t19?,25-;/m0./s1. The molecule has 1 fully saturated rings. The zero-order chi connectivity index (χ0) is 33.1. The summed E-state index contributed by atoms with van der Waals surface area (Å²) in [6.45, 7) is 3.16. The molecule has 2 aromatic rings. The van der Waals surface area contributed by atoms with Crippen LogP contribution in [-0.4, -0.2) is 71.9 Å². The Hall–Kier alpha value is -5.35. The monoisotopic (exact) mass is 624 g/mol. The number of carbonyl (C=O) groups excluding carboxylic acids is 4. The number of nitrogens with one attached hydrogen (secondary N) is 4. The number of ether oxygens (including phenoxy) is 2. The lowest BCUT2D eigenvalue weighted by atomic mass is 10.2. The number of esters is 1. The van der Waals surface area contributed by atoms with E-state index in [1.165, 1.54) is 11.8 Å². The molecule has 44 heavy (non-hydrogen) atoms. The van der Waals surface area contributed by atoms with E-state index in [9.17, 15) is 32.3 Å². The van der Waals surface area contributed by atoms with Crippen LogP contribution in [0.3, 0.4) is 0 Å². The third-order valence-corrected chi connectivity index (χ3v) is 5.86. The van der Waals surface area contributed by atoms with Crippen molar-refractivity contribution >= 4 is 41.5 Å². The van der Waals surface area contributed by atoms with Crippen molar-refractivity contribution in [1.82, 2.24) is 16.0 Å². The SMILES string of the molecule is CCOC(=O)[C@@](C)(NC(=O)NC1CCN(c2ccc(C(=N)N)cc2)C1=O)NC(=O)OCc1ccccc1.O=C(O)C(F)(F)F. The van der Waals surface area contributed by atoms with Gasteiger partial charge in [0.25, 0.3) is 0 Å². The number of halogens is 3. The van der Waals surface area contributed by atoms with Crippen LogP contribution in [0, 0.1) is 5.41 Å². The highest BCUT2D eigenvalue weighted by molar-refractivity contribution is 6.02. The first-order valence-corrected chi connectivity index (χ1v) is 12.9. The summed E-state index contributed by atoms with van der Waals surface area (Å²) < 4.78 is 41.9. The molecule has 1 saturated heterocycles. The summed E-state index contributed by atoms with van der Waals surface area (Å²) >= 11 is 0. The predicted octanol–water partition coefficient (Wildman–Crippen LogP) is 2.21. The number of carbonyl (C=O) groups is 5. The number of alkyl halides is 3. The number of rotatable bonds is 9. The number of alkyl carbamates (subject to hydrolysis) is 1. The molecule has 0 spiro atoms. The van der Waals surface area contributed by atoms with E-state index in [4.69, 9.17) is 30.5 Å². The number of amidine groups is 1. The quantitative estimate of drug-likeness (QED) is 0.104. The Morgan fingerprint density at radius 2 is 1.64 bits per heavy atom. The van der Waals surface area contributed by atoms with Crippen LogP contribution in [0.4, 0.5) is 28.4 Å². The molecule has 0 bridgehead atoms. The van der Waals surface area contributed by atoms with Gasteiger partial charge in [-0.3, -0.25) is 15.5 Å². The van der Waals surface area contributed by atoms with Crippen molar-refractivity contribution in [3.8, 4) is 0 Å². The van der Waals surface area contributed by atoms with Gasteiger partial charge in [-0.2, -0.15) is 13.2 Å². The first kappa shape index (κ1) is 34.8. The molecule has 1 unspecified atom stereocenters. The summed E-state index contributed by atoms with van der Waals surface area (Å²) in [5, 5.41) is 21.9. The molecule has 1 aliphatic rings. The lowest BCUT2D eigenvalue weighted by molar-refractivity contribution is -0.192. The molecule has 14 nitrogen and oxygen atoms in total. The molecule has 7 N–H and O–H groups in total. The Morgan fingerprint density at radius 3 is 2.16 bits per heavy atom. The number of hydrogen-bond acceptors (Lipinski definition) is 8. The van der Waals surface area contributed by atoms with Gasteiger partial charge in [-0.25, -0.2) is 19.2 Å². The first-order valence-electron chi connectivity index (χ1n) is 12.9. The fourth-order valence-corrected chi connectivity index (χ4v) is 3.68. The van der Waals surface area contributed by atoms with Gasteiger partial charge in [-0.05, 0) is 50.1 Å². The van der Waals surface area contributed by atoms with E-state index in [2.05, 4.69) is 16.0 Å². The van der Waals surface area contributed by atoms with Gasteiger partial charge in [0.1, 0.15) is 18.5 Å². The second-order valence-corrected chi connectivity index (χ2v) is 9.23. The summed E-state index contributed by atoms with van der Waals surface area (Å²) in [6, 6.07) is 13.8. The van der Waals surface area contributed by atoms with Crippen molar-refractivity contribution in [2.45, 2.75) is 44.8 Å². The molecule has 2 aromatic carbocycles. The largest absolute Gasteiger partial charge is 0.490 e. The van der Waals surface area contributed by atoms with Gasteiger partial charge in [0.05, 0.1) is 6.61 Å². The van der Waals surface area contributed by atoms with Crippen LogP contribution in [-0.2, 0) is 30.5 Å². The van der Waals surface area contributed by atoms with Gasteiger partial charge in [0.15, 0.2) is 0 Å². The van der Waals surface area contributed by atoms with Crippen molar-refractivity contribution in [2.24, 2.45) is 5.73 Å². The summed E-state index contributed by atoms with van der Waals surface area (Å²) in [6.07, 6.45) is -5.71. The van der Waals surface area contributed by atoms with Crippen LogP contribution < -0.4 is 26.6 Å². The second kappa shape index (κ2) is 15.2. The van der Waals surface area contributed by atoms with E-state index < -0.39 is 41.9 Å². The highest BCUT2D eigenvalue weighted by Crippen LogP contribution is 2.22. The predicted molar refractivity (Wildman–Crippen MR) is 148 cm³/mol. The molecule has 0 radical (unpaired) electrons. The minimum Gasteiger partial charge on any atom is -0.475 e. The van der Waals surface area contributed by atoms with Gasteiger partial charge < -0.3 is 35.8 Å². The lowest BCUT2D eigenvalue weighted by Gasteiger charge is -2.29. The summed E-state index contributed by atoms with van der Waals surface area (Å²) in [5.74, 6) is -4.10. The van der Waals surface area contributed by atoms with E-state index in [-0.39, 0.29) is 25.0 Å². The number of benzene rings is 2. The third kappa shape index (κ3) is 10.2. The number of nitrogen functional groups attached to an aromatic ring is 1. The number of nitrogens with zero attached hydrogens (tertiary/aromatic N) is 1. The molecule has 4 amide bonds. The normalized spacial score (nSPS) is 15.5. The zero-order valence-electron chi connectivity index (χ0n) is 23.6. The fraction of sp³-hybridized carbons (Fsp3) is 0.333. The highest BCUT2D eigenvalue weighted by Gasteiger charge is 2.41. The van der Waals surface area contributed by atoms with Gasteiger partial charge in [0, 0.05) is 17.8 Å². The van der Waals surface area contributed by atoms with Crippen LogP contribution >= 0.6 is 0 Å². The molecular formula is C27H31F3N6O8. The number of urea groups is 1. The molecule has 0 saturated carbocycles. The minimum atomic E-state index is -5.08. The smallest absolute Gasteiger partial charge is 0.475 e. The molecule has 0 aliphatic carbocycles. The summed E-state index contributed by atoms with van der Waals surface area (Å²) in [7, 11) is 0. The van der Waals surface area contributed by atoms with E-state index in [1.54, 1.807) is 55.5 Å². The van der Waals surface area contributed by atoms with Crippen molar-refractivity contribution in [3.05, 3.63) is 65.7 Å². The Kier molecular flexibility index (Phi) is 12.1. The van der Waals surface area contributed by atoms with Crippen molar-refractivity contribution in [2.75, 3.05) is 18.1 Å². The van der Waals surface area contributed by atoms with E-state index in [0.717, 1.165) is 5.56 Å². The minimum absolute atomic E-state index is 0.0109. The van der Waals surface area contributed by atoms with Crippen LogP contribution in [0.15, 0.2) is 54.6 Å². The van der Waals surface area contributed by atoms with Gasteiger partial charge in [-0.1, -0.05) is 30.3 Å². The van der Waals surface area contributed by atoms with Crippen molar-refractivity contribution in [1.29, 1.82) is 5.41 Å². The maximum absolute atomic E-state index is 12.9. The Balaban J connectivity index is 0.000000860. The number of hydrogen-bond donors (Lipinski definition) is 6. The number of aliphatic carboxylic acids is 1. The topological polar surface area (TPSA) is 213 Å². The third-order valence-electron chi connectivity index (χ3n) is 5.86. The molecule has 3 rings (SSSR count). The van der Waals surface area contributed by atoms with E-state index >= 15 is 0 Å². The van der Waals surface area contributed by atoms with Gasteiger partial charge in [-0.15, -0.1) is 0 Å². The maximum Gasteiger partial charge on any atom is 0.490 e. The molecule has 2 atom stereocenters. The average molecular weight is 625 g/mol. The highest BCUT2D eigenvalue weighted by atomic mass is 19.4. The molecular weight excluding hydrogens is 593 g/mol. The molecule has 1 aliphatic heterocycles. The van der Waals surface area contributed by atoms with Crippen LogP contribution in [0.1, 0.15) is 31.4 Å². The molecule has 1 heterocycles. The summed E-state index contributed by atoms with van der Waals surface area (Å²) in [4.78, 5) is 61.0. The lowest BCUT2D eigenvalue weighted by Crippen LogP contribution is -2.66. The zero-order valence-corrected chi connectivity index (χ0v) is 23.6. The van der Waals surface area contributed by atoms with E-state index in [0.29, 0.717) is 24.2 Å². The fourth-order valence-electron chi connectivity index (χ4n) is 3.68. The summed E-state index contributed by atoms with van der Waals surface area (Å²) in [5.41, 5.74) is 5.37. The van der Waals surface area contributed by atoms with Gasteiger partial charge in [0.2, 0.25) is 11.6 Å². The van der Waals surface area contributed by atoms with Crippen LogP contribution in [0.2, 0.25) is 0 Å². The van der Waals surface area contributed by atoms with Gasteiger partial charge >= 0.3 is 30.2 Å². The van der Waals surface area contributed by atoms with Crippen molar-refractivity contribution in [3.63, 3.8) is 0 Å². The number of anilines is 1. The number of carboxylic acids is 1. The Labute approximate surface area is 249 Å². The molecule has 238 valence electrons. The number of amides is 4. The molecule has 0 aromatic heterocycles. The molecule has 17 heteroatoms. The number of carboxylic acid groups (broad SMARTS) is 1. The Bertz CT molecular complexity index is 1360. The van der Waals surface area contributed by atoms with Crippen molar-refractivity contribution < 1.29 is 51.7 Å². The first-order chi connectivity index (χ1) is 20.6. The van der Waals surface area contributed by atoms with Crippen LogP contribution in [0.5, 0.6) is 0 Å². The Morgan fingerprint density at radius 1 is 1.05 bits per heavy atom. The number of nitrogens with two attached hydrogens (primary N) is 1. The van der Waals surface area contributed by atoms with E-state index in [1.807, 2.05) is 6.07 Å². The van der Waals surface area contributed by atoms with Crippen LogP contribution in [0.25, 0.3) is 0 Å². The second-order valence-electron chi connectivity index (χ2n) is 9.23. The average Bonchev–Trinajstić information content (AvgIpc) is 3.31.